The van der Waals surface area contributed by atoms with Gasteiger partial charge in [-0.3, -0.25) is 0 Å². The quantitative estimate of drug-likeness (QED) is 0.785. The zero-order valence-corrected chi connectivity index (χ0v) is 9.06. The number of anilines is 1. The Hall–Kier alpha value is -0.820. The minimum Gasteiger partial charge on any atom is -0.384 e. The van der Waals surface area contributed by atoms with Gasteiger partial charge in [-0.25, -0.2) is 13.8 Å². The molecule has 2 heterocycles. The van der Waals surface area contributed by atoms with Crippen LogP contribution in [0.4, 0.5) is 13.9 Å². The van der Waals surface area contributed by atoms with Gasteiger partial charge >= 0.3 is 0 Å². The molecule has 0 bridgehead atoms. The monoisotopic (exact) mass is 235 g/mol. The number of halogens is 2. The van der Waals surface area contributed by atoms with Crippen molar-refractivity contribution in [2.24, 2.45) is 0 Å². The van der Waals surface area contributed by atoms with Crippen LogP contribution in [0.25, 0.3) is 0 Å². The van der Waals surface area contributed by atoms with Gasteiger partial charge in [0.2, 0.25) is 5.13 Å². The minimum absolute atomic E-state index is 0.244. The Morgan fingerprint density at radius 1 is 1.53 bits per heavy atom. The number of alkyl halides is 2. The molecule has 1 saturated heterocycles. The van der Waals surface area contributed by atoms with Gasteiger partial charge < -0.3 is 9.64 Å². The number of hydrogen-bond acceptors (Lipinski definition) is 5. The first-order valence-electron chi connectivity index (χ1n) is 4.55. The number of nitrogens with zero attached hydrogens (tertiary/aromatic N) is 3. The minimum atomic E-state index is -2.56. The molecular weight excluding hydrogens is 224 g/mol. The second-order valence-electron chi connectivity index (χ2n) is 3.45. The van der Waals surface area contributed by atoms with Crippen molar-refractivity contribution in [2.75, 3.05) is 31.7 Å². The second kappa shape index (κ2) is 3.97. The molecule has 0 aliphatic carbocycles. The summed E-state index contributed by atoms with van der Waals surface area (Å²) in [6, 6.07) is 0. The van der Waals surface area contributed by atoms with Crippen molar-refractivity contribution < 1.29 is 13.5 Å². The first-order valence-corrected chi connectivity index (χ1v) is 5.32. The molecule has 84 valence electrons. The van der Waals surface area contributed by atoms with Crippen LogP contribution in [0.3, 0.4) is 0 Å². The predicted octanol–water partition coefficient (Wildman–Crippen LogP) is 1.18. The maximum absolute atomic E-state index is 12.6. The average molecular weight is 235 g/mol. The van der Waals surface area contributed by atoms with Crippen LogP contribution < -0.4 is 4.90 Å². The molecule has 2 rings (SSSR count). The molecule has 0 N–H and O–H groups in total. The summed E-state index contributed by atoms with van der Waals surface area (Å²) in [5, 5.41) is 0.576. The molecule has 0 saturated carbocycles. The SMILES string of the molecule is COCCc1nsc(N2CC(F)(F)C2)n1. The normalized spacial score (nSPS) is 19.0. The largest absolute Gasteiger partial charge is 0.384 e. The Bertz CT molecular complexity index is 336. The van der Waals surface area contributed by atoms with E-state index in [9.17, 15) is 8.78 Å². The number of hydrogen-bond donors (Lipinski definition) is 0. The van der Waals surface area contributed by atoms with Crippen molar-refractivity contribution in [2.45, 2.75) is 12.3 Å². The Morgan fingerprint density at radius 3 is 2.87 bits per heavy atom. The van der Waals surface area contributed by atoms with E-state index < -0.39 is 5.92 Å². The van der Waals surface area contributed by atoms with Crippen molar-refractivity contribution in [1.29, 1.82) is 0 Å². The first-order chi connectivity index (χ1) is 7.11. The van der Waals surface area contributed by atoms with Gasteiger partial charge in [0.1, 0.15) is 5.82 Å². The summed E-state index contributed by atoms with van der Waals surface area (Å²) in [6.07, 6.45) is 0.622. The van der Waals surface area contributed by atoms with Crippen molar-refractivity contribution in [3.05, 3.63) is 5.82 Å². The van der Waals surface area contributed by atoms with E-state index in [1.807, 2.05) is 0 Å². The molecule has 0 radical (unpaired) electrons. The van der Waals surface area contributed by atoms with Gasteiger partial charge in [0.25, 0.3) is 5.92 Å². The molecule has 0 spiro atoms. The lowest BCUT2D eigenvalue weighted by Crippen LogP contribution is -2.56. The lowest BCUT2D eigenvalue weighted by atomic mass is 10.2. The standard InChI is InChI=1S/C8H11F2N3OS/c1-14-3-2-6-11-7(15-12-6)13-4-8(9,10)5-13/h2-5H2,1H3. The molecule has 0 unspecified atom stereocenters. The molecule has 7 heteroatoms. The molecule has 0 amide bonds. The summed E-state index contributed by atoms with van der Waals surface area (Å²) in [4.78, 5) is 5.69. The topological polar surface area (TPSA) is 38.2 Å². The maximum atomic E-state index is 12.6. The zero-order chi connectivity index (χ0) is 10.9. The average Bonchev–Trinajstić information content (AvgIpc) is 2.59. The summed E-state index contributed by atoms with van der Waals surface area (Å²) < 4.78 is 34.1. The summed E-state index contributed by atoms with van der Waals surface area (Å²) in [5.41, 5.74) is 0. The van der Waals surface area contributed by atoms with E-state index >= 15 is 0 Å². The van der Waals surface area contributed by atoms with Crippen molar-refractivity contribution in [3.63, 3.8) is 0 Å². The summed E-state index contributed by atoms with van der Waals surface area (Å²) in [6.45, 7) is 0.0597. The Kier molecular flexibility index (Phi) is 2.83. The van der Waals surface area contributed by atoms with Crippen molar-refractivity contribution >= 4 is 16.7 Å². The molecule has 0 atom stereocenters. The summed E-state index contributed by atoms with van der Waals surface area (Å²) in [7, 11) is 1.60. The van der Waals surface area contributed by atoms with Crippen molar-refractivity contribution in [3.8, 4) is 0 Å². The van der Waals surface area contributed by atoms with Crippen LogP contribution in [-0.2, 0) is 11.2 Å². The molecule has 1 aromatic heterocycles. The predicted molar refractivity (Wildman–Crippen MR) is 52.6 cm³/mol. The van der Waals surface area contributed by atoms with Gasteiger partial charge in [0.05, 0.1) is 19.7 Å². The number of methoxy groups -OCH3 is 1. The van der Waals surface area contributed by atoms with Gasteiger partial charge in [0.15, 0.2) is 0 Å². The van der Waals surface area contributed by atoms with Crippen LogP contribution in [0.5, 0.6) is 0 Å². The van der Waals surface area contributed by atoms with Gasteiger partial charge in [-0.2, -0.15) is 4.37 Å². The van der Waals surface area contributed by atoms with Crippen LogP contribution in [0.2, 0.25) is 0 Å². The third-order valence-electron chi connectivity index (χ3n) is 2.10. The third kappa shape index (κ3) is 2.40. The second-order valence-corrected chi connectivity index (χ2v) is 4.18. The highest BCUT2D eigenvalue weighted by Crippen LogP contribution is 2.32. The van der Waals surface area contributed by atoms with Gasteiger partial charge in [-0.05, 0) is 0 Å². The Balaban J connectivity index is 1.91. The smallest absolute Gasteiger partial charge is 0.282 e. The number of ether oxygens (including phenoxy) is 1. The number of aromatic nitrogens is 2. The van der Waals surface area contributed by atoms with Crippen LogP contribution in [0, 0.1) is 0 Å². The fraction of sp³-hybridized carbons (Fsp3) is 0.750. The highest BCUT2D eigenvalue weighted by molar-refractivity contribution is 7.09. The third-order valence-corrected chi connectivity index (χ3v) is 2.92. The van der Waals surface area contributed by atoms with Crippen LogP contribution >= 0.6 is 11.5 Å². The van der Waals surface area contributed by atoms with Crippen LogP contribution in [-0.4, -0.2) is 42.1 Å². The van der Waals surface area contributed by atoms with E-state index in [4.69, 9.17) is 4.74 Å². The van der Waals surface area contributed by atoms with Gasteiger partial charge in [0, 0.05) is 25.1 Å². The van der Waals surface area contributed by atoms with Crippen LogP contribution in [0.1, 0.15) is 5.82 Å². The molecular formula is C8H11F2N3OS. The fourth-order valence-electron chi connectivity index (χ4n) is 1.32. The molecule has 4 nitrogen and oxygen atoms in total. The summed E-state index contributed by atoms with van der Waals surface area (Å²) in [5.74, 6) is -1.90. The van der Waals surface area contributed by atoms with E-state index in [0.717, 1.165) is 11.5 Å². The fourth-order valence-corrected chi connectivity index (χ4v) is 2.03. The molecule has 15 heavy (non-hydrogen) atoms. The van der Waals surface area contributed by atoms with E-state index in [2.05, 4.69) is 9.36 Å². The van der Waals surface area contributed by atoms with Crippen molar-refractivity contribution in [1.82, 2.24) is 9.36 Å². The van der Waals surface area contributed by atoms with E-state index in [0.29, 0.717) is 24.0 Å². The highest BCUT2D eigenvalue weighted by atomic mass is 32.1. The molecule has 0 aromatic carbocycles. The van der Waals surface area contributed by atoms with E-state index in [1.54, 1.807) is 7.11 Å². The van der Waals surface area contributed by atoms with E-state index in [1.165, 1.54) is 4.90 Å². The van der Waals surface area contributed by atoms with Gasteiger partial charge in [-0.15, -0.1) is 0 Å². The Morgan fingerprint density at radius 2 is 2.27 bits per heavy atom. The lowest BCUT2D eigenvalue weighted by molar-refractivity contribution is -0.0262. The Labute approximate surface area is 90.0 Å². The van der Waals surface area contributed by atoms with Gasteiger partial charge in [-0.1, -0.05) is 0 Å². The number of rotatable bonds is 4. The summed E-state index contributed by atoms with van der Waals surface area (Å²) >= 11 is 1.16. The zero-order valence-electron chi connectivity index (χ0n) is 8.24. The van der Waals surface area contributed by atoms with E-state index in [-0.39, 0.29) is 13.1 Å². The molecule has 1 aliphatic rings. The first kappa shape index (κ1) is 10.7. The molecule has 1 aromatic rings. The molecule has 1 fully saturated rings. The highest BCUT2D eigenvalue weighted by Gasteiger charge is 2.45. The molecule has 1 aliphatic heterocycles. The van der Waals surface area contributed by atoms with Crippen LogP contribution in [0.15, 0.2) is 0 Å². The maximum Gasteiger partial charge on any atom is 0.282 e. The lowest BCUT2D eigenvalue weighted by Gasteiger charge is -2.38.